The zero-order valence-corrected chi connectivity index (χ0v) is 9.25. The van der Waals surface area contributed by atoms with Crippen LogP contribution >= 0.6 is 11.6 Å². The fourth-order valence-corrected chi connectivity index (χ4v) is 1.32. The van der Waals surface area contributed by atoms with E-state index in [0.29, 0.717) is 18.1 Å². The van der Waals surface area contributed by atoms with Crippen LogP contribution in [-0.4, -0.2) is 34.1 Å². The molecule has 0 aliphatic carbocycles. The van der Waals surface area contributed by atoms with Crippen molar-refractivity contribution >= 4 is 11.6 Å². The molecule has 1 unspecified atom stereocenters. The SMILES string of the molecule is CCNCC(O)Cn1ncc(Cl)c1C. The molecule has 0 aromatic carbocycles. The van der Waals surface area contributed by atoms with E-state index in [1.54, 1.807) is 10.9 Å². The first kappa shape index (κ1) is 11.5. The van der Waals surface area contributed by atoms with Crippen molar-refractivity contribution < 1.29 is 5.11 Å². The molecule has 0 saturated carbocycles. The number of aliphatic hydroxyl groups is 1. The molecule has 1 atom stereocenters. The first-order valence-corrected chi connectivity index (χ1v) is 5.09. The number of aliphatic hydroxyl groups excluding tert-OH is 1. The molecule has 0 fully saturated rings. The van der Waals surface area contributed by atoms with E-state index >= 15 is 0 Å². The molecule has 0 amide bonds. The summed E-state index contributed by atoms with van der Waals surface area (Å²) in [5.74, 6) is 0. The van der Waals surface area contributed by atoms with Crippen molar-refractivity contribution in [2.75, 3.05) is 13.1 Å². The molecule has 1 heterocycles. The van der Waals surface area contributed by atoms with Crippen molar-refractivity contribution in [3.05, 3.63) is 16.9 Å². The molecule has 1 aromatic heterocycles. The molecule has 0 radical (unpaired) electrons. The second-order valence-electron chi connectivity index (χ2n) is 3.22. The van der Waals surface area contributed by atoms with Crippen LogP contribution in [0, 0.1) is 6.92 Å². The van der Waals surface area contributed by atoms with Gasteiger partial charge in [0.2, 0.25) is 0 Å². The van der Waals surface area contributed by atoms with Gasteiger partial charge in [-0.15, -0.1) is 0 Å². The van der Waals surface area contributed by atoms with Gasteiger partial charge in [0.15, 0.2) is 0 Å². The van der Waals surface area contributed by atoms with E-state index in [9.17, 15) is 5.11 Å². The van der Waals surface area contributed by atoms with E-state index in [1.807, 2.05) is 13.8 Å². The van der Waals surface area contributed by atoms with Gasteiger partial charge in [-0.1, -0.05) is 18.5 Å². The largest absolute Gasteiger partial charge is 0.390 e. The molecule has 5 heteroatoms. The summed E-state index contributed by atoms with van der Waals surface area (Å²) in [6.45, 7) is 5.80. The van der Waals surface area contributed by atoms with Crippen LogP contribution in [0.2, 0.25) is 5.02 Å². The predicted molar refractivity (Wildman–Crippen MR) is 56.5 cm³/mol. The van der Waals surface area contributed by atoms with Crippen molar-refractivity contribution in [2.45, 2.75) is 26.5 Å². The summed E-state index contributed by atoms with van der Waals surface area (Å²) in [5, 5.41) is 17.4. The zero-order valence-electron chi connectivity index (χ0n) is 8.50. The second-order valence-corrected chi connectivity index (χ2v) is 3.63. The fourth-order valence-electron chi connectivity index (χ4n) is 1.18. The van der Waals surface area contributed by atoms with Crippen molar-refractivity contribution in [1.82, 2.24) is 15.1 Å². The number of hydrogen-bond donors (Lipinski definition) is 2. The summed E-state index contributed by atoms with van der Waals surface area (Å²) in [7, 11) is 0. The number of rotatable bonds is 5. The quantitative estimate of drug-likeness (QED) is 0.768. The molecule has 0 spiro atoms. The Kier molecular flexibility index (Phi) is 4.38. The van der Waals surface area contributed by atoms with Crippen LogP contribution in [0.4, 0.5) is 0 Å². The highest BCUT2D eigenvalue weighted by Gasteiger charge is 2.08. The molecule has 2 N–H and O–H groups in total. The Balaban J connectivity index is 2.47. The van der Waals surface area contributed by atoms with Crippen molar-refractivity contribution in [3.63, 3.8) is 0 Å². The summed E-state index contributed by atoms with van der Waals surface area (Å²) in [6.07, 6.45) is 1.17. The van der Waals surface area contributed by atoms with Gasteiger partial charge < -0.3 is 10.4 Å². The van der Waals surface area contributed by atoms with Gasteiger partial charge in [0.25, 0.3) is 0 Å². The van der Waals surface area contributed by atoms with Gasteiger partial charge in [-0.3, -0.25) is 4.68 Å². The minimum atomic E-state index is -0.426. The lowest BCUT2D eigenvalue weighted by atomic mass is 10.3. The van der Waals surface area contributed by atoms with Crippen LogP contribution in [0.1, 0.15) is 12.6 Å². The Labute approximate surface area is 88.9 Å². The van der Waals surface area contributed by atoms with Gasteiger partial charge >= 0.3 is 0 Å². The van der Waals surface area contributed by atoms with E-state index < -0.39 is 6.10 Å². The molecular formula is C9H16ClN3O. The maximum Gasteiger partial charge on any atom is 0.0860 e. The van der Waals surface area contributed by atoms with Gasteiger partial charge in [-0.2, -0.15) is 5.10 Å². The molecule has 0 aliphatic rings. The lowest BCUT2D eigenvalue weighted by Gasteiger charge is -2.12. The Hall–Kier alpha value is -0.580. The molecule has 0 bridgehead atoms. The molecule has 14 heavy (non-hydrogen) atoms. The maximum absolute atomic E-state index is 9.60. The third-order valence-corrected chi connectivity index (χ3v) is 2.43. The summed E-state index contributed by atoms with van der Waals surface area (Å²) in [4.78, 5) is 0. The standard InChI is InChI=1S/C9H16ClN3O/c1-3-11-4-8(14)6-13-7(2)9(10)5-12-13/h5,8,11,14H,3-4,6H2,1-2H3. The molecule has 1 aromatic rings. The first-order valence-electron chi connectivity index (χ1n) is 4.71. The topological polar surface area (TPSA) is 50.1 Å². The number of nitrogens with zero attached hydrogens (tertiary/aromatic N) is 2. The highest BCUT2D eigenvalue weighted by Crippen LogP contribution is 2.13. The zero-order chi connectivity index (χ0) is 10.6. The third kappa shape index (κ3) is 2.97. The molecule has 4 nitrogen and oxygen atoms in total. The Bertz CT molecular complexity index is 288. The van der Waals surface area contributed by atoms with Gasteiger partial charge in [0.05, 0.1) is 29.6 Å². The van der Waals surface area contributed by atoms with Crippen LogP contribution in [0.25, 0.3) is 0 Å². The van der Waals surface area contributed by atoms with Gasteiger partial charge in [-0.05, 0) is 13.5 Å². The average molecular weight is 218 g/mol. The van der Waals surface area contributed by atoms with E-state index in [1.165, 1.54) is 0 Å². The summed E-state index contributed by atoms with van der Waals surface area (Å²) in [6, 6.07) is 0. The summed E-state index contributed by atoms with van der Waals surface area (Å²) >= 11 is 5.84. The fraction of sp³-hybridized carbons (Fsp3) is 0.667. The Morgan fingerprint density at radius 1 is 1.71 bits per heavy atom. The molecule has 1 rings (SSSR count). The highest BCUT2D eigenvalue weighted by molar-refractivity contribution is 6.31. The highest BCUT2D eigenvalue weighted by atomic mass is 35.5. The number of aromatic nitrogens is 2. The molecular weight excluding hydrogens is 202 g/mol. The van der Waals surface area contributed by atoms with Gasteiger partial charge in [-0.25, -0.2) is 0 Å². The molecule has 0 aliphatic heterocycles. The lowest BCUT2D eigenvalue weighted by Crippen LogP contribution is -2.30. The van der Waals surface area contributed by atoms with E-state index in [2.05, 4.69) is 10.4 Å². The van der Waals surface area contributed by atoms with Crippen molar-refractivity contribution in [2.24, 2.45) is 0 Å². The minimum absolute atomic E-state index is 0.426. The monoisotopic (exact) mass is 217 g/mol. The summed E-state index contributed by atoms with van der Waals surface area (Å²) < 4.78 is 1.71. The average Bonchev–Trinajstić information content (AvgIpc) is 2.46. The van der Waals surface area contributed by atoms with Gasteiger partial charge in [0.1, 0.15) is 0 Å². The second kappa shape index (κ2) is 5.34. The van der Waals surface area contributed by atoms with Crippen LogP contribution in [0.15, 0.2) is 6.20 Å². The molecule has 80 valence electrons. The molecule has 0 saturated heterocycles. The first-order chi connectivity index (χ1) is 6.65. The number of likely N-dealkylation sites (N-methyl/N-ethyl adjacent to an activating group) is 1. The van der Waals surface area contributed by atoms with E-state index in [0.717, 1.165) is 12.2 Å². The predicted octanol–water partition coefficient (Wildman–Crippen LogP) is 0.815. The van der Waals surface area contributed by atoms with Crippen LogP contribution in [0.5, 0.6) is 0 Å². The van der Waals surface area contributed by atoms with Crippen LogP contribution in [-0.2, 0) is 6.54 Å². The van der Waals surface area contributed by atoms with E-state index in [4.69, 9.17) is 11.6 Å². The van der Waals surface area contributed by atoms with Crippen LogP contribution in [0.3, 0.4) is 0 Å². The summed E-state index contributed by atoms with van der Waals surface area (Å²) in [5.41, 5.74) is 0.891. The number of nitrogens with one attached hydrogen (secondary N) is 1. The Morgan fingerprint density at radius 3 is 2.93 bits per heavy atom. The van der Waals surface area contributed by atoms with Crippen LogP contribution < -0.4 is 5.32 Å². The minimum Gasteiger partial charge on any atom is -0.390 e. The lowest BCUT2D eigenvalue weighted by molar-refractivity contribution is 0.147. The Morgan fingerprint density at radius 2 is 2.43 bits per heavy atom. The normalized spacial score (nSPS) is 13.1. The number of hydrogen-bond acceptors (Lipinski definition) is 3. The van der Waals surface area contributed by atoms with Crippen molar-refractivity contribution in [3.8, 4) is 0 Å². The van der Waals surface area contributed by atoms with Crippen molar-refractivity contribution in [1.29, 1.82) is 0 Å². The number of halogens is 1. The van der Waals surface area contributed by atoms with Gasteiger partial charge in [0, 0.05) is 6.54 Å². The smallest absolute Gasteiger partial charge is 0.0860 e. The third-order valence-electron chi connectivity index (χ3n) is 2.06. The van der Waals surface area contributed by atoms with E-state index in [-0.39, 0.29) is 0 Å². The maximum atomic E-state index is 9.60.